The van der Waals surface area contributed by atoms with Crippen LogP contribution in [0.4, 0.5) is 0 Å². The van der Waals surface area contributed by atoms with Gasteiger partial charge in [-0.25, -0.2) is 0 Å². The molecular formula is C18H25N. The molecule has 1 aliphatic rings. The molecule has 0 unspecified atom stereocenters. The normalized spacial score (nSPS) is 16.2. The molecule has 0 heterocycles. The Hall–Kier alpha value is -1.63. The lowest BCUT2D eigenvalue weighted by Gasteiger charge is -2.08. The van der Waals surface area contributed by atoms with Gasteiger partial charge in [0, 0.05) is 6.21 Å². The van der Waals surface area contributed by atoms with Gasteiger partial charge in [-0.3, -0.25) is 4.99 Å². The molecule has 1 rings (SSSR count). The third-order valence-electron chi connectivity index (χ3n) is 2.71. The van der Waals surface area contributed by atoms with Crippen molar-refractivity contribution in [3.63, 3.8) is 0 Å². The van der Waals surface area contributed by atoms with Crippen molar-refractivity contribution in [1.29, 1.82) is 0 Å². The fraction of sp³-hybridized carbons (Fsp3) is 0.389. The minimum absolute atomic E-state index is 0.747. The summed E-state index contributed by atoms with van der Waals surface area (Å²) in [5.74, 6) is 0. The molecule has 0 aromatic carbocycles. The number of nitrogens with zero attached hydrogens (tertiary/aromatic N) is 1. The fourth-order valence-corrected chi connectivity index (χ4v) is 1.90. The lowest BCUT2D eigenvalue weighted by molar-refractivity contribution is 0.980. The Bertz CT molecular complexity index is 438. The molecule has 0 aromatic rings. The molecule has 0 amide bonds. The summed E-state index contributed by atoms with van der Waals surface area (Å²) >= 11 is 0. The Balaban J connectivity index is 2.46. The SMILES string of the molecule is CC/C=C\C=C/CN=CC1=CCCC(C=C(C)C)=C1. The van der Waals surface area contributed by atoms with Crippen molar-refractivity contribution < 1.29 is 0 Å². The van der Waals surface area contributed by atoms with E-state index >= 15 is 0 Å². The van der Waals surface area contributed by atoms with Gasteiger partial charge in [0.05, 0.1) is 6.54 Å². The summed E-state index contributed by atoms with van der Waals surface area (Å²) in [5, 5.41) is 0. The molecule has 102 valence electrons. The first-order valence-electron chi connectivity index (χ1n) is 7.09. The molecule has 0 N–H and O–H groups in total. The maximum atomic E-state index is 4.43. The lowest BCUT2D eigenvalue weighted by Crippen LogP contribution is -1.92. The molecule has 1 aliphatic carbocycles. The van der Waals surface area contributed by atoms with Gasteiger partial charge < -0.3 is 0 Å². The van der Waals surface area contributed by atoms with Crippen molar-refractivity contribution in [2.24, 2.45) is 4.99 Å². The first-order valence-corrected chi connectivity index (χ1v) is 7.09. The predicted molar refractivity (Wildman–Crippen MR) is 86.8 cm³/mol. The Labute approximate surface area is 117 Å². The van der Waals surface area contributed by atoms with Gasteiger partial charge in [-0.05, 0) is 44.3 Å². The monoisotopic (exact) mass is 255 g/mol. The van der Waals surface area contributed by atoms with E-state index in [0.717, 1.165) is 25.8 Å². The van der Waals surface area contributed by atoms with Crippen molar-refractivity contribution in [3.8, 4) is 0 Å². The number of rotatable bonds is 6. The van der Waals surface area contributed by atoms with Crippen LogP contribution in [0.25, 0.3) is 0 Å². The molecule has 1 heteroatoms. The van der Waals surface area contributed by atoms with Crippen LogP contribution < -0.4 is 0 Å². The van der Waals surface area contributed by atoms with Gasteiger partial charge in [0.15, 0.2) is 0 Å². The van der Waals surface area contributed by atoms with E-state index in [2.05, 4.69) is 68.3 Å². The van der Waals surface area contributed by atoms with Crippen LogP contribution in [0.2, 0.25) is 0 Å². The average Bonchev–Trinajstić information content (AvgIpc) is 2.37. The zero-order chi connectivity index (χ0) is 13.9. The minimum Gasteiger partial charge on any atom is -0.288 e. The highest BCUT2D eigenvalue weighted by Gasteiger charge is 2.01. The Kier molecular flexibility index (Phi) is 7.57. The largest absolute Gasteiger partial charge is 0.288 e. The second kappa shape index (κ2) is 9.32. The predicted octanol–water partition coefficient (Wildman–Crippen LogP) is 5.19. The Morgan fingerprint density at radius 3 is 2.79 bits per heavy atom. The second-order valence-electron chi connectivity index (χ2n) is 4.94. The number of hydrogen-bond acceptors (Lipinski definition) is 1. The molecule has 19 heavy (non-hydrogen) atoms. The van der Waals surface area contributed by atoms with E-state index in [1.165, 1.54) is 16.7 Å². The van der Waals surface area contributed by atoms with Crippen LogP contribution in [-0.2, 0) is 0 Å². The molecule has 0 spiro atoms. The standard InChI is InChI=1S/C18H25N/c1-4-5-6-7-8-12-19-15-18-11-9-10-17(14-18)13-16(2)3/h5-8,11,13-15H,4,9-10,12H2,1-3H3/b6-5-,8-7-,19-15?. The van der Waals surface area contributed by atoms with Crippen LogP contribution in [-0.4, -0.2) is 12.8 Å². The van der Waals surface area contributed by atoms with Crippen LogP contribution in [0.5, 0.6) is 0 Å². The van der Waals surface area contributed by atoms with E-state index < -0.39 is 0 Å². The maximum Gasteiger partial charge on any atom is 0.0573 e. The van der Waals surface area contributed by atoms with Crippen molar-refractivity contribution >= 4 is 6.21 Å². The third kappa shape index (κ3) is 7.40. The second-order valence-corrected chi connectivity index (χ2v) is 4.94. The maximum absolute atomic E-state index is 4.43. The molecular weight excluding hydrogens is 230 g/mol. The van der Waals surface area contributed by atoms with Gasteiger partial charge in [0.1, 0.15) is 0 Å². The van der Waals surface area contributed by atoms with E-state index in [4.69, 9.17) is 0 Å². The fourth-order valence-electron chi connectivity index (χ4n) is 1.90. The molecule has 0 radical (unpaired) electrons. The number of aliphatic imine (C=N–C) groups is 1. The van der Waals surface area contributed by atoms with Gasteiger partial charge in [-0.15, -0.1) is 0 Å². The van der Waals surface area contributed by atoms with Crippen LogP contribution in [0.15, 0.2) is 64.2 Å². The molecule has 0 atom stereocenters. The van der Waals surface area contributed by atoms with E-state index in [1.807, 2.05) is 6.21 Å². The van der Waals surface area contributed by atoms with Crippen LogP contribution in [0.1, 0.15) is 40.0 Å². The zero-order valence-electron chi connectivity index (χ0n) is 12.4. The summed E-state index contributed by atoms with van der Waals surface area (Å²) in [6.07, 6.45) is 20.4. The van der Waals surface area contributed by atoms with Gasteiger partial charge in [-0.1, -0.05) is 55.0 Å². The summed E-state index contributed by atoms with van der Waals surface area (Å²) in [6.45, 7) is 7.16. The molecule has 0 bridgehead atoms. The average molecular weight is 255 g/mol. The minimum atomic E-state index is 0.747. The van der Waals surface area contributed by atoms with Gasteiger partial charge in [-0.2, -0.15) is 0 Å². The molecule has 0 aromatic heterocycles. The van der Waals surface area contributed by atoms with Crippen LogP contribution in [0, 0.1) is 0 Å². The van der Waals surface area contributed by atoms with Gasteiger partial charge in [0.2, 0.25) is 0 Å². The molecule has 1 nitrogen and oxygen atoms in total. The highest BCUT2D eigenvalue weighted by atomic mass is 14.7. The summed E-state index contributed by atoms with van der Waals surface area (Å²) in [7, 11) is 0. The van der Waals surface area contributed by atoms with Crippen molar-refractivity contribution in [2.75, 3.05) is 6.54 Å². The summed E-state index contributed by atoms with van der Waals surface area (Å²) in [5.41, 5.74) is 4.00. The lowest BCUT2D eigenvalue weighted by atomic mass is 9.98. The summed E-state index contributed by atoms with van der Waals surface area (Å²) in [6, 6.07) is 0. The molecule has 0 saturated heterocycles. The van der Waals surface area contributed by atoms with E-state index in [-0.39, 0.29) is 0 Å². The van der Waals surface area contributed by atoms with E-state index in [1.54, 1.807) is 0 Å². The molecule has 0 aliphatic heterocycles. The van der Waals surface area contributed by atoms with Crippen molar-refractivity contribution in [3.05, 3.63) is 59.3 Å². The Morgan fingerprint density at radius 1 is 1.26 bits per heavy atom. The number of hydrogen-bond donors (Lipinski definition) is 0. The number of allylic oxidation sites excluding steroid dienone is 9. The first kappa shape index (κ1) is 15.4. The van der Waals surface area contributed by atoms with Crippen LogP contribution >= 0.6 is 0 Å². The molecule has 0 fully saturated rings. The van der Waals surface area contributed by atoms with Gasteiger partial charge in [0.25, 0.3) is 0 Å². The highest BCUT2D eigenvalue weighted by molar-refractivity contribution is 5.83. The van der Waals surface area contributed by atoms with Crippen LogP contribution in [0.3, 0.4) is 0 Å². The van der Waals surface area contributed by atoms with Crippen molar-refractivity contribution in [2.45, 2.75) is 40.0 Å². The summed E-state index contributed by atoms with van der Waals surface area (Å²) in [4.78, 5) is 4.43. The quantitative estimate of drug-likeness (QED) is 0.457. The summed E-state index contributed by atoms with van der Waals surface area (Å²) < 4.78 is 0. The zero-order valence-corrected chi connectivity index (χ0v) is 12.4. The molecule has 0 saturated carbocycles. The van der Waals surface area contributed by atoms with E-state index in [9.17, 15) is 0 Å². The third-order valence-corrected chi connectivity index (χ3v) is 2.71. The highest BCUT2D eigenvalue weighted by Crippen LogP contribution is 2.18. The van der Waals surface area contributed by atoms with E-state index in [0.29, 0.717) is 0 Å². The Morgan fingerprint density at radius 2 is 2.05 bits per heavy atom. The van der Waals surface area contributed by atoms with Crippen molar-refractivity contribution in [1.82, 2.24) is 0 Å². The smallest absolute Gasteiger partial charge is 0.0573 e. The van der Waals surface area contributed by atoms with Gasteiger partial charge >= 0.3 is 0 Å². The topological polar surface area (TPSA) is 12.4 Å². The first-order chi connectivity index (χ1) is 9.22.